The van der Waals surface area contributed by atoms with E-state index < -0.39 is 5.63 Å². The van der Waals surface area contributed by atoms with E-state index in [1.54, 1.807) is 6.07 Å². The van der Waals surface area contributed by atoms with Crippen LogP contribution in [0.4, 0.5) is 0 Å². The third-order valence-electron chi connectivity index (χ3n) is 5.22. The molecular weight excluding hydrogens is 412 g/mol. The van der Waals surface area contributed by atoms with Crippen LogP contribution in [0.2, 0.25) is 0 Å². The van der Waals surface area contributed by atoms with E-state index in [2.05, 4.69) is 65.8 Å². The van der Waals surface area contributed by atoms with Gasteiger partial charge in [-0.15, -0.1) is 0 Å². The number of fused-ring (bicyclic) bond motifs is 1. The molecule has 4 heteroatoms. The standard InChI is InChI=1S/C29H38O4/c1-21(2)9-7-11-23(5)17-19-31-26-15-13-25-14-16-27(30)33-28(25)29(26)32-20-18-24(6)12-8-10-22(3)4/h9-10,13-18H,7-8,11-12,19-20H2,1-6H3/b23-17+,24-18+. The average Bonchev–Trinajstić information content (AvgIpc) is 2.74. The van der Waals surface area contributed by atoms with Gasteiger partial charge in [0.2, 0.25) is 5.75 Å². The molecule has 4 nitrogen and oxygen atoms in total. The van der Waals surface area contributed by atoms with Gasteiger partial charge in [-0.1, -0.05) is 34.4 Å². The summed E-state index contributed by atoms with van der Waals surface area (Å²) in [6.07, 6.45) is 12.7. The highest BCUT2D eigenvalue weighted by atomic mass is 16.5. The summed E-state index contributed by atoms with van der Waals surface area (Å²) in [5.74, 6) is 1.04. The zero-order valence-corrected chi connectivity index (χ0v) is 21.0. The Balaban J connectivity index is 2.14. The van der Waals surface area contributed by atoms with Crippen molar-refractivity contribution in [1.82, 2.24) is 0 Å². The maximum atomic E-state index is 11.9. The summed E-state index contributed by atoms with van der Waals surface area (Å²) in [6, 6.07) is 6.91. The van der Waals surface area contributed by atoms with Crippen LogP contribution in [0.3, 0.4) is 0 Å². The monoisotopic (exact) mass is 450 g/mol. The number of benzene rings is 1. The summed E-state index contributed by atoms with van der Waals surface area (Å²) < 4.78 is 17.6. The minimum absolute atomic E-state index is 0.381. The lowest BCUT2D eigenvalue weighted by Crippen LogP contribution is -2.03. The van der Waals surface area contributed by atoms with Crippen molar-refractivity contribution in [3.63, 3.8) is 0 Å². The van der Waals surface area contributed by atoms with Crippen LogP contribution < -0.4 is 15.1 Å². The molecule has 0 N–H and O–H groups in total. The van der Waals surface area contributed by atoms with Crippen LogP contribution >= 0.6 is 0 Å². The van der Waals surface area contributed by atoms with Crippen molar-refractivity contribution in [2.45, 2.75) is 67.2 Å². The first-order valence-electron chi connectivity index (χ1n) is 11.7. The smallest absolute Gasteiger partial charge is 0.336 e. The van der Waals surface area contributed by atoms with Crippen LogP contribution in [0.5, 0.6) is 11.5 Å². The molecule has 0 aliphatic rings. The molecule has 178 valence electrons. The number of rotatable bonds is 12. The van der Waals surface area contributed by atoms with Gasteiger partial charge in [-0.2, -0.15) is 0 Å². The van der Waals surface area contributed by atoms with E-state index in [1.165, 1.54) is 28.4 Å². The number of hydrogen-bond acceptors (Lipinski definition) is 4. The molecule has 0 spiro atoms. The molecule has 0 unspecified atom stereocenters. The molecule has 0 atom stereocenters. The second-order valence-electron chi connectivity index (χ2n) is 8.93. The molecule has 33 heavy (non-hydrogen) atoms. The van der Waals surface area contributed by atoms with Crippen LogP contribution in [-0.2, 0) is 0 Å². The maximum absolute atomic E-state index is 11.9. The molecule has 0 aliphatic heterocycles. The summed E-state index contributed by atoms with van der Waals surface area (Å²) in [5.41, 5.74) is 5.20. The highest BCUT2D eigenvalue weighted by Gasteiger charge is 2.13. The van der Waals surface area contributed by atoms with E-state index in [4.69, 9.17) is 13.9 Å². The molecule has 0 bridgehead atoms. The Morgan fingerprint density at radius 1 is 0.758 bits per heavy atom. The number of ether oxygens (including phenoxy) is 2. The second kappa shape index (κ2) is 13.5. The highest BCUT2D eigenvalue weighted by molar-refractivity contribution is 5.85. The van der Waals surface area contributed by atoms with Crippen molar-refractivity contribution in [3.8, 4) is 11.5 Å². The molecule has 1 aromatic heterocycles. The summed E-state index contributed by atoms with van der Waals surface area (Å²) in [4.78, 5) is 11.9. The quantitative estimate of drug-likeness (QED) is 0.243. The van der Waals surface area contributed by atoms with Gasteiger partial charge < -0.3 is 13.9 Å². The first kappa shape index (κ1) is 26.2. The second-order valence-corrected chi connectivity index (χ2v) is 8.93. The zero-order chi connectivity index (χ0) is 24.2. The van der Waals surface area contributed by atoms with Crippen LogP contribution in [-0.4, -0.2) is 13.2 Å². The van der Waals surface area contributed by atoms with Crippen LogP contribution in [0.15, 0.2) is 80.1 Å². The summed E-state index contributed by atoms with van der Waals surface area (Å²) >= 11 is 0. The van der Waals surface area contributed by atoms with Gasteiger partial charge in [-0.25, -0.2) is 4.79 Å². The Labute approximate surface area is 198 Å². The predicted molar refractivity (Wildman–Crippen MR) is 138 cm³/mol. The van der Waals surface area contributed by atoms with Gasteiger partial charge in [0, 0.05) is 11.5 Å². The predicted octanol–water partition coefficient (Wildman–Crippen LogP) is 7.94. The van der Waals surface area contributed by atoms with E-state index >= 15 is 0 Å². The third kappa shape index (κ3) is 9.56. The van der Waals surface area contributed by atoms with E-state index in [0.717, 1.165) is 31.1 Å². The molecule has 0 fully saturated rings. The summed E-state index contributed by atoms with van der Waals surface area (Å²) in [7, 11) is 0. The molecule has 0 saturated carbocycles. The normalized spacial score (nSPS) is 11.9. The molecule has 0 radical (unpaired) electrons. The first-order chi connectivity index (χ1) is 15.8. The Kier molecular flexibility index (Phi) is 10.8. The van der Waals surface area contributed by atoms with E-state index in [-0.39, 0.29) is 0 Å². The van der Waals surface area contributed by atoms with Gasteiger partial charge in [-0.05, 0) is 97.6 Å². The highest BCUT2D eigenvalue weighted by Crippen LogP contribution is 2.35. The molecule has 0 amide bonds. The van der Waals surface area contributed by atoms with Crippen molar-refractivity contribution in [3.05, 3.63) is 81.3 Å². The lowest BCUT2D eigenvalue weighted by molar-refractivity contribution is 0.305. The molecule has 2 aromatic rings. The molecule has 2 rings (SSSR count). The third-order valence-corrected chi connectivity index (χ3v) is 5.22. The molecule has 1 aromatic carbocycles. The lowest BCUT2D eigenvalue weighted by atomic mass is 10.1. The average molecular weight is 451 g/mol. The SMILES string of the molecule is CC(C)=CCC/C(C)=C/COc1ccc2ccc(=O)oc2c1OC/C=C(\C)CCC=C(C)C. The fourth-order valence-electron chi connectivity index (χ4n) is 3.26. The van der Waals surface area contributed by atoms with Crippen molar-refractivity contribution in [1.29, 1.82) is 0 Å². The number of allylic oxidation sites excluding steroid dienone is 6. The van der Waals surface area contributed by atoms with E-state index in [9.17, 15) is 4.79 Å². The molecule has 0 aliphatic carbocycles. The van der Waals surface area contributed by atoms with E-state index in [0.29, 0.717) is 30.3 Å². The fourth-order valence-corrected chi connectivity index (χ4v) is 3.26. The topological polar surface area (TPSA) is 48.7 Å². The summed E-state index contributed by atoms with van der Waals surface area (Å²) in [6.45, 7) is 13.5. The Bertz CT molecular complexity index is 1090. The van der Waals surface area contributed by atoms with Crippen molar-refractivity contribution < 1.29 is 13.9 Å². The van der Waals surface area contributed by atoms with Gasteiger partial charge in [-0.3, -0.25) is 0 Å². The van der Waals surface area contributed by atoms with Gasteiger partial charge in [0.1, 0.15) is 13.2 Å². The largest absolute Gasteiger partial charge is 0.485 e. The van der Waals surface area contributed by atoms with Gasteiger partial charge >= 0.3 is 5.63 Å². The minimum Gasteiger partial charge on any atom is -0.485 e. The van der Waals surface area contributed by atoms with E-state index in [1.807, 2.05) is 12.1 Å². The first-order valence-corrected chi connectivity index (χ1v) is 11.7. The Morgan fingerprint density at radius 3 is 1.88 bits per heavy atom. The maximum Gasteiger partial charge on any atom is 0.336 e. The summed E-state index contributed by atoms with van der Waals surface area (Å²) in [5, 5.41) is 0.801. The van der Waals surface area contributed by atoms with Gasteiger partial charge in [0.15, 0.2) is 11.3 Å². The Hall–Kier alpha value is -3.01. The van der Waals surface area contributed by atoms with Gasteiger partial charge in [0.05, 0.1) is 0 Å². The molecular formula is C29H38O4. The molecule has 0 saturated heterocycles. The van der Waals surface area contributed by atoms with Crippen molar-refractivity contribution in [2.75, 3.05) is 13.2 Å². The minimum atomic E-state index is -0.409. The van der Waals surface area contributed by atoms with Crippen molar-refractivity contribution >= 4 is 11.0 Å². The number of hydrogen-bond donors (Lipinski definition) is 0. The van der Waals surface area contributed by atoms with Crippen LogP contribution in [0, 0.1) is 0 Å². The fraction of sp³-hybridized carbons (Fsp3) is 0.414. The zero-order valence-electron chi connectivity index (χ0n) is 21.0. The van der Waals surface area contributed by atoms with Crippen LogP contribution in [0.1, 0.15) is 67.2 Å². The van der Waals surface area contributed by atoms with Gasteiger partial charge in [0.25, 0.3) is 0 Å². The Morgan fingerprint density at radius 2 is 1.30 bits per heavy atom. The van der Waals surface area contributed by atoms with Crippen molar-refractivity contribution in [2.24, 2.45) is 0 Å². The lowest BCUT2D eigenvalue weighted by Gasteiger charge is -2.13. The van der Waals surface area contributed by atoms with Crippen LogP contribution in [0.25, 0.3) is 11.0 Å². The molecule has 1 heterocycles.